The van der Waals surface area contributed by atoms with Gasteiger partial charge in [-0.25, -0.2) is 4.98 Å². The zero-order chi connectivity index (χ0) is 18.4. The van der Waals surface area contributed by atoms with Crippen LogP contribution in [0.5, 0.6) is 11.6 Å². The van der Waals surface area contributed by atoms with E-state index < -0.39 is 0 Å². The molecular formula is C20H20BrN3O2. The summed E-state index contributed by atoms with van der Waals surface area (Å²) in [7, 11) is 0. The lowest BCUT2D eigenvalue weighted by molar-refractivity contribution is -0.121. The number of benzene rings is 1. The van der Waals surface area contributed by atoms with Crippen LogP contribution in [-0.4, -0.2) is 35.4 Å². The van der Waals surface area contributed by atoms with Crippen LogP contribution in [0.4, 0.5) is 5.69 Å². The molecule has 0 unspecified atom stereocenters. The molecule has 1 aromatic carbocycles. The predicted octanol–water partition coefficient (Wildman–Crippen LogP) is 3.92. The van der Waals surface area contributed by atoms with Gasteiger partial charge in [-0.05, 0) is 50.2 Å². The summed E-state index contributed by atoms with van der Waals surface area (Å²) in [5, 5.41) is 2.94. The molecule has 1 aliphatic rings. The number of rotatable bonds is 5. The Kier molecular flexibility index (Phi) is 6.26. The van der Waals surface area contributed by atoms with Crippen molar-refractivity contribution in [2.45, 2.75) is 12.8 Å². The second kappa shape index (κ2) is 8.84. The number of carbonyl (C=O) groups is 1. The number of aromatic nitrogens is 1. The van der Waals surface area contributed by atoms with Gasteiger partial charge < -0.3 is 10.1 Å². The molecule has 6 heteroatoms. The zero-order valence-corrected chi connectivity index (χ0v) is 15.9. The number of pyridine rings is 1. The van der Waals surface area contributed by atoms with E-state index in [2.05, 4.69) is 37.1 Å². The molecule has 26 heavy (non-hydrogen) atoms. The second-order valence-corrected chi connectivity index (χ2v) is 7.10. The normalized spacial score (nSPS) is 15.2. The molecule has 0 radical (unpaired) electrons. The Morgan fingerprint density at radius 3 is 2.81 bits per heavy atom. The van der Waals surface area contributed by atoms with Gasteiger partial charge in [-0.1, -0.05) is 27.9 Å². The molecule has 1 amide bonds. The lowest BCUT2D eigenvalue weighted by Crippen LogP contribution is -2.38. The maximum atomic E-state index is 12.4. The summed E-state index contributed by atoms with van der Waals surface area (Å²) in [5.74, 6) is 3.87. The summed E-state index contributed by atoms with van der Waals surface area (Å²) in [5.41, 5.74) is 0.669. The van der Waals surface area contributed by atoms with E-state index in [1.165, 1.54) is 0 Å². The van der Waals surface area contributed by atoms with Gasteiger partial charge in [0.2, 0.25) is 11.8 Å². The minimum Gasteiger partial charge on any atom is -0.439 e. The lowest BCUT2D eigenvalue weighted by Gasteiger charge is -2.29. The molecule has 3 rings (SSSR count). The SMILES string of the molecule is C#CCN1CCC(C(=O)Nc2ccc(Oc3cccc(Br)c3)nc2)CC1. The van der Waals surface area contributed by atoms with Crippen molar-refractivity contribution in [3.63, 3.8) is 0 Å². The number of carbonyl (C=O) groups excluding carboxylic acids is 1. The van der Waals surface area contributed by atoms with Crippen molar-refractivity contribution in [1.82, 2.24) is 9.88 Å². The Labute approximate surface area is 161 Å². The molecule has 1 saturated heterocycles. The third-order valence-electron chi connectivity index (χ3n) is 4.30. The van der Waals surface area contributed by atoms with Gasteiger partial charge >= 0.3 is 0 Å². The van der Waals surface area contributed by atoms with E-state index in [4.69, 9.17) is 11.2 Å². The first-order valence-electron chi connectivity index (χ1n) is 8.50. The molecule has 2 heterocycles. The number of nitrogens with zero attached hydrogens (tertiary/aromatic N) is 2. The smallest absolute Gasteiger partial charge is 0.227 e. The number of hydrogen-bond acceptors (Lipinski definition) is 4. The first-order valence-corrected chi connectivity index (χ1v) is 9.29. The summed E-state index contributed by atoms with van der Waals surface area (Å²) in [4.78, 5) is 18.9. The maximum Gasteiger partial charge on any atom is 0.227 e. The van der Waals surface area contributed by atoms with Crippen molar-refractivity contribution in [3.05, 3.63) is 47.1 Å². The van der Waals surface area contributed by atoms with Gasteiger partial charge in [-0.2, -0.15) is 0 Å². The maximum absolute atomic E-state index is 12.4. The Hall–Kier alpha value is -2.36. The van der Waals surface area contributed by atoms with Crippen LogP contribution in [-0.2, 0) is 4.79 Å². The topological polar surface area (TPSA) is 54.5 Å². The van der Waals surface area contributed by atoms with Crippen LogP contribution in [0, 0.1) is 18.3 Å². The Balaban J connectivity index is 1.53. The van der Waals surface area contributed by atoms with Gasteiger partial charge in [0.15, 0.2) is 0 Å². The Morgan fingerprint density at radius 1 is 1.35 bits per heavy atom. The molecule has 2 aromatic rings. The highest BCUT2D eigenvalue weighted by Gasteiger charge is 2.24. The summed E-state index contributed by atoms with van der Waals surface area (Å²) in [6, 6.07) is 11.1. The fraction of sp³-hybridized carbons (Fsp3) is 0.300. The molecule has 1 N–H and O–H groups in total. The van der Waals surface area contributed by atoms with E-state index >= 15 is 0 Å². The Bertz CT molecular complexity index is 793. The van der Waals surface area contributed by atoms with Crippen LogP contribution in [0.25, 0.3) is 0 Å². The van der Waals surface area contributed by atoms with E-state index in [0.717, 1.165) is 30.4 Å². The molecule has 0 spiro atoms. The van der Waals surface area contributed by atoms with Crippen LogP contribution in [0.2, 0.25) is 0 Å². The molecule has 134 valence electrons. The predicted molar refractivity (Wildman–Crippen MR) is 105 cm³/mol. The number of piperidine rings is 1. The van der Waals surface area contributed by atoms with Crippen LogP contribution >= 0.6 is 15.9 Å². The van der Waals surface area contributed by atoms with Crippen molar-refractivity contribution in [1.29, 1.82) is 0 Å². The van der Waals surface area contributed by atoms with Crippen molar-refractivity contribution in [2.24, 2.45) is 5.92 Å². The largest absolute Gasteiger partial charge is 0.439 e. The number of likely N-dealkylation sites (tertiary alicyclic amines) is 1. The molecule has 1 fully saturated rings. The average Bonchev–Trinajstić information content (AvgIpc) is 2.64. The number of ether oxygens (including phenoxy) is 1. The number of amides is 1. The van der Waals surface area contributed by atoms with Crippen LogP contribution in [0.3, 0.4) is 0 Å². The fourth-order valence-electron chi connectivity index (χ4n) is 2.89. The summed E-state index contributed by atoms with van der Waals surface area (Å²) < 4.78 is 6.63. The highest BCUT2D eigenvalue weighted by atomic mass is 79.9. The van der Waals surface area contributed by atoms with Gasteiger partial charge in [0.25, 0.3) is 0 Å². The van der Waals surface area contributed by atoms with Crippen molar-refractivity contribution in [3.8, 4) is 24.0 Å². The van der Waals surface area contributed by atoms with Crippen LogP contribution in [0.15, 0.2) is 47.1 Å². The van der Waals surface area contributed by atoms with Crippen molar-refractivity contribution < 1.29 is 9.53 Å². The van der Waals surface area contributed by atoms with Crippen LogP contribution < -0.4 is 10.1 Å². The standard InChI is InChI=1S/C20H20BrN3O2/c1-2-10-24-11-8-15(9-12-24)20(25)23-17-6-7-19(22-14-17)26-18-5-3-4-16(21)13-18/h1,3-7,13-15H,8-12H2,(H,23,25). The van der Waals surface area contributed by atoms with E-state index in [9.17, 15) is 4.79 Å². The summed E-state index contributed by atoms with van der Waals surface area (Å²) in [6.45, 7) is 2.37. The molecule has 0 saturated carbocycles. The molecular weight excluding hydrogens is 394 g/mol. The van der Waals surface area contributed by atoms with Crippen LogP contribution in [0.1, 0.15) is 12.8 Å². The number of halogens is 1. The zero-order valence-electron chi connectivity index (χ0n) is 14.3. The van der Waals surface area contributed by atoms with Gasteiger partial charge in [-0.3, -0.25) is 9.69 Å². The molecule has 0 aliphatic carbocycles. The van der Waals surface area contributed by atoms with Gasteiger partial charge in [-0.15, -0.1) is 6.42 Å². The van der Waals surface area contributed by atoms with E-state index in [0.29, 0.717) is 23.9 Å². The minimum atomic E-state index is 0.0154. The van der Waals surface area contributed by atoms with Gasteiger partial charge in [0.1, 0.15) is 5.75 Å². The summed E-state index contributed by atoms with van der Waals surface area (Å²) >= 11 is 3.40. The van der Waals surface area contributed by atoms with Gasteiger partial charge in [0, 0.05) is 16.5 Å². The number of anilines is 1. The monoisotopic (exact) mass is 413 g/mol. The highest BCUT2D eigenvalue weighted by molar-refractivity contribution is 9.10. The molecule has 5 nitrogen and oxygen atoms in total. The van der Waals surface area contributed by atoms with Gasteiger partial charge in [0.05, 0.1) is 18.4 Å². The number of hydrogen-bond donors (Lipinski definition) is 1. The van der Waals surface area contributed by atoms with E-state index in [-0.39, 0.29) is 11.8 Å². The quantitative estimate of drug-likeness (QED) is 0.754. The van der Waals surface area contributed by atoms with E-state index in [1.54, 1.807) is 18.3 Å². The molecule has 0 atom stereocenters. The van der Waals surface area contributed by atoms with Crippen molar-refractivity contribution in [2.75, 3.05) is 25.0 Å². The molecule has 0 bridgehead atoms. The first-order chi connectivity index (χ1) is 12.6. The first kappa shape index (κ1) is 18.4. The third kappa shape index (κ3) is 5.07. The second-order valence-electron chi connectivity index (χ2n) is 6.19. The average molecular weight is 414 g/mol. The number of terminal acetylenes is 1. The van der Waals surface area contributed by atoms with E-state index in [1.807, 2.05) is 24.3 Å². The molecule has 1 aliphatic heterocycles. The minimum absolute atomic E-state index is 0.0154. The molecule has 1 aromatic heterocycles. The third-order valence-corrected chi connectivity index (χ3v) is 4.79. The Morgan fingerprint density at radius 2 is 2.15 bits per heavy atom. The lowest BCUT2D eigenvalue weighted by atomic mass is 9.96. The van der Waals surface area contributed by atoms with Crippen molar-refractivity contribution >= 4 is 27.5 Å². The number of nitrogens with one attached hydrogen (secondary N) is 1. The highest BCUT2D eigenvalue weighted by Crippen LogP contribution is 2.24. The fourth-order valence-corrected chi connectivity index (χ4v) is 3.27. The summed E-state index contributed by atoms with van der Waals surface area (Å²) in [6.07, 6.45) is 8.59.